The van der Waals surface area contributed by atoms with E-state index in [4.69, 9.17) is 19.4 Å². The number of nitrogens with one attached hydrogen (secondary N) is 2. The molecule has 0 atom stereocenters. The number of hydrogen-bond acceptors (Lipinski definition) is 8. The van der Waals surface area contributed by atoms with Crippen molar-refractivity contribution < 1.29 is 9.47 Å². The maximum absolute atomic E-state index is 5.49. The lowest BCUT2D eigenvalue weighted by Crippen LogP contribution is -2.04. The van der Waals surface area contributed by atoms with E-state index in [0.29, 0.717) is 23.1 Å². The van der Waals surface area contributed by atoms with Crippen molar-refractivity contribution in [2.75, 3.05) is 24.3 Å². The lowest BCUT2D eigenvalue weighted by Gasteiger charge is -2.15. The van der Waals surface area contributed by atoms with Crippen LogP contribution < -0.4 is 19.5 Å². The van der Waals surface area contributed by atoms with E-state index in [-0.39, 0.29) is 0 Å². The van der Waals surface area contributed by atoms with Crippen LogP contribution in [-0.2, 0) is 7.05 Å². The minimum absolute atomic E-state index is 0.576. The molecule has 154 valence electrons. The molecule has 9 heteroatoms. The molecule has 4 rings (SSSR count). The average Bonchev–Trinajstić information content (AvgIpc) is 3.09. The van der Waals surface area contributed by atoms with Crippen molar-refractivity contribution in [1.29, 1.82) is 0 Å². The molecule has 0 fully saturated rings. The van der Waals surface area contributed by atoms with Gasteiger partial charge in [0.25, 0.3) is 0 Å². The Kier molecular flexibility index (Phi) is 5.62. The van der Waals surface area contributed by atoms with E-state index in [9.17, 15) is 0 Å². The molecule has 0 unspecified atom stereocenters. The van der Waals surface area contributed by atoms with Gasteiger partial charge < -0.3 is 24.1 Å². The number of hydrogen-bond donors (Lipinski definition) is 2. The van der Waals surface area contributed by atoms with Gasteiger partial charge in [-0.2, -0.15) is 0 Å². The summed E-state index contributed by atoms with van der Waals surface area (Å²) >= 11 is 1.42. The van der Waals surface area contributed by atoms with Crippen molar-refractivity contribution in [3.63, 3.8) is 0 Å². The maximum atomic E-state index is 5.49. The Morgan fingerprint density at radius 2 is 1.70 bits per heavy atom. The van der Waals surface area contributed by atoms with E-state index in [2.05, 4.69) is 15.0 Å². The Morgan fingerprint density at radius 3 is 2.33 bits per heavy atom. The second kappa shape index (κ2) is 8.50. The van der Waals surface area contributed by atoms with Crippen LogP contribution in [0.15, 0.2) is 53.7 Å². The van der Waals surface area contributed by atoms with Gasteiger partial charge in [-0.1, -0.05) is 12.1 Å². The lowest BCUT2D eigenvalue weighted by atomic mass is 10.2. The van der Waals surface area contributed by atoms with Crippen molar-refractivity contribution in [3.8, 4) is 11.5 Å². The van der Waals surface area contributed by atoms with Crippen molar-refractivity contribution >= 4 is 40.3 Å². The molecule has 4 aromatic rings. The maximum Gasteiger partial charge on any atom is 0.180 e. The molecule has 2 aromatic carbocycles. The smallest absolute Gasteiger partial charge is 0.180 e. The van der Waals surface area contributed by atoms with E-state index in [1.54, 1.807) is 14.2 Å². The van der Waals surface area contributed by atoms with Crippen molar-refractivity contribution in [3.05, 3.63) is 54.5 Å². The summed E-state index contributed by atoms with van der Waals surface area (Å²) in [6.45, 7) is 1.96. The van der Waals surface area contributed by atoms with E-state index >= 15 is 0 Å². The molecule has 0 saturated carbocycles. The molecule has 30 heavy (non-hydrogen) atoms. The SMILES string of the molecule is COc1ccc(OC)c(Nc2nc3ccccc3nc2NSc2cnc(C)n2C)c1. The molecule has 2 aromatic heterocycles. The molecule has 8 nitrogen and oxygen atoms in total. The van der Waals surface area contributed by atoms with Crippen LogP contribution >= 0.6 is 11.9 Å². The summed E-state index contributed by atoms with van der Waals surface area (Å²) in [5.41, 5.74) is 2.31. The number of rotatable bonds is 7. The van der Waals surface area contributed by atoms with E-state index in [0.717, 1.165) is 27.6 Å². The van der Waals surface area contributed by atoms with Gasteiger partial charge in [0, 0.05) is 25.1 Å². The number of methoxy groups -OCH3 is 2. The third kappa shape index (κ3) is 3.97. The van der Waals surface area contributed by atoms with Gasteiger partial charge in [0.1, 0.15) is 22.3 Å². The molecular formula is C21H22N6O2S. The summed E-state index contributed by atoms with van der Waals surface area (Å²) in [5, 5.41) is 4.30. The largest absolute Gasteiger partial charge is 0.497 e. The normalized spacial score (nSPS) is 10.8. The Balaban J connectivity index is 1.72. The number of aromatic nitrogens is 4. The minimum atomic E-state index is 0.576. The van der Waals surface area contributed by atoms with Gasteiger partial charge in [-0.05, 0) is 31.2 Å². The number of imidazole rings is 1. The fraction of sp³-hybridized carbons (Fsp3) is 0.190. The summed E-state index contributed by atoms with van der Waals surface area (Å²) in [6, 6.07) is 13.3. The molecule has 0 bridgehead atoms. The number of ether oxygens (including phenoxy) is 2. The van der Waals surface area contributed by atoms with Crippen LogP contribution in [0.2, 0.25) is 0 Å². The fourth-order valence-electron chi connectivity index (χ4n) is 2.87. The zero-order chi connectivity index (χ0) is 21.1. The topological polar surface area (TPSA) is 86.1 Å². The molecule has 0 saturated heterocycles. The number of fused-ring (bicyclic) bond motifs is 1. The number of nitrogens with zero attached hydrogens (tertiary/aromatic N) is 4. The van der Waals surface area contributed by atoms with Crippen LogP contribution in [0, 0.1) is 6.92 Å². The van der Waals surface area contributed by atoms with Crippen molar-refractivity contribution in [2.24, 2.45) is 7.05 Å². The van der Waals surface area contributed by atoms with Gasteiger partial charge in [0.15, 0.2) is 11.6 Å². The monoisotopic (exact) mass is 422 g/mol. The van der Waals surface area contributed by atoms with Gasteiger partial charge >= 0.3 is 0 Å². The second-order valence-electron chi connectivity index (χ2n) is 6.51. The highest BCUT2D eigenvalue weighted by molar-refractivity contribution is 8.00. The molecule has 0 aliphatic heterocycles. The summed E-state index contributed by atoms with van der Waals surface area (Å²) in [4.78, 5) is 13.9. The van der Waals surface area contributed by atoms with Gasteiger partial charge in [0.2, 0.25) is 0 Å². The van der Waals surface area contributed by atoms with Crippen LogP contribution in [0.3, 0.4) is 0 Å². The third-order valence-electron chi connectivity index (χ3n) is 4.66. The molecular weight excluding hydrogens is 400 g/mol. The molecule has 0 spiro atoms. The number of anilines is 3. The first-order valence-electron chi connectivity index (χ1n) is 9.26. The van der Waals surface area contributed by atoms with E-state index < -0.39 is 0 Å². The Morgan fingerprint density at radius 1 is 0.967 bits per heavy atom. The average molecular weight is 423 g/mol. The molecule has 0 radical (unpaired) electrons. The lowest BCUT2D eigenvalue weighted by molar-refractivity contribution is 0.405. The highest BCUT2D eigenvalue weighted by atomic mass is 32.2. The summed E-state index contributed by atoms with van der Waals surface area (Å²) in [7, 11) is 5.22. The quantitative estimate of drug-likeness (QED) is 0.420. The first-order chi connectivity index (χ1) is 14.6. The number of para-hydroxylation sites is 2. The number of aryl methyl sites for hydroxylation is 1. The number of benzene rings is 2. The van der Waals surface area contributed by atoms with Gasteiger partial charge in [-0.25, -0.2) is 15.0 Å². The summed E-state index contributed by atoms with van der Waals surface area (Å²) < 4.78 is 16.2. The van der Waals surface area contributed by atoms with E-state index in [1.165, 1.54) is 11.9 Å². The van der Waals surface area contributed by atoms with Crippen LogP contribution in [-0.4, -0.2) is 33.7 Å². The molecule has 0 amide bonds. The zero-order valence-corrected chi connectivity index (χ0v) is 17.9. The molecule has 2 N–H and O–H groups in total. The van der Waals surface area contributed by atoms with E-state index in [1.807, 2.05) is 67.2 Å². The third-order valence-corrected chi connectivity index (χ3v) is 5.54. The van der Waals surface area contributed by atoms with Gasteiger partial charge in [-0.15, -0.1) is 0 Å². The Hall–Kier alpha value is -3.46. The summed E-state index contributed by atoms with van der Waals surface area (Å²) in [6.07, 6.45) is 1.82. The first kappa shape index (κ1) is 19.8. The zero-order valence-electron chi connectivity index (χ0n) is 17.1. The van der Waals surface area contributed by atoms with Crippen LogP contribution in [0.4, 0.5) is 17.3 Å². The molecule has 0 aliphatic carbocycles. The predicted molar refractivity (Wildman–Crippen MR) is 120 cm³/mol. The van der Waals surface area contributed by atoms with Crippen molar-refractivity contribution in [1.82, 2.24) is 19.5 Å². The Labute approximate surface area is 178 Å². The highest BCUT2D eigenvalue weighted by Crippen LogP contribution is 2.34. The second-order valence-corrected chi connectivity index (χ2v) is 7.33. The summed E-state index contributed by atoms with van der Waals surface area (Å²) in [5.74, 6) is 3.49. The predicted octanol–water partition coefficient (Wildman–Crippen LogP) is 4.55. The first-order valence-corrected chi connectivity index (χ1v) is 10.1. The van der Waals surface area contributed by atoms with Gasteiger partial charge in [-0.3, -0.25) is 0 Å². The Bertz CT molecular complexity index is 1190. The standard InChI is InChI=1S/C21H22N6O2S/c1-13-22-12-19(27(13)2)30-26-21-20(23-15-7-5-6-8-16(15)24-21)25-17-11-14(28-3)9-10-18(17)29-4/h5-12H,1-4H3,(H,23,25)(H,24,26). The van der Waals surface area contributed by atoms with Crippen LogP contribution in [0.5, 0.6) is 11.5 Å². The minimum Gasteiger partial charge on any atom is -0.497 e. The fourth-order valence-corrected chi connectivity index (χ4v) is 3.59. The van der Waals surface area contributed by atoms with Crippen LogP contribution in [0.1, 0.15) is 5.82 Å². The van der Waals surface area contributed by atoms with Crippen LogP contribution in [0.25, 0.3) is 11.0 Å². The molecule has 2 heterocycles. The van der Waals surface area contributed by atoms with Gasteiger partial charge in [0.05, 0.1) is 37.1 Å². The molecule has 0 aliphatic rings. The van der Waals surface area contributed by atoms with Crippen molar-refractivity contribution in [2.45, 2.75) is 11.9 Å². The highest BCUT2D eigenvalue weighted by Gasteiger charge is 2.14.